The third kappa shape index (κ3) is 7.83. The van der Waals surface area contributed by atoms with Crippen LogP contribution in [0.4, 0.5) is 0 Å². The number of carbonyl (C=O) groups excluding carboxylic acids is 1. The van der Waals surface area contributed by atoms with Crippen molar-refractivity contribution in [3.8, 4) is 0 Å². The maximum absolute atomic E-state index is 11.8. The van der Waals surface area contributed by atoms with E-state index in [1.165, 1.54) is 0 Å². The highest BCUT2D eigenvalue weighted by atomic mass is 16.7. The minimum absolute atomic E-state index is 0.0157. The predicted molar refractivity (Wildman–Crippen MR) is 94.1 cm³/mol. The lowest BCUT2D eigenvalue weighted by atomic mass is 9.99. The average molecular weight is 378 g/mol. The monoisotopic (exact) mass is 378 g/mol. The first-order valence-electron chi connectivity index (χ1n) is 9.32. The molecule has 1 saturated heterocycles. The standard InChI is InChI=1S/C17H34N2O7/c1-11(6-2-4-8-18)19-13(21)7-3-5-9-25-17-16(24)15(23)14(22)12(10-20)26-17/h11-12,14-17,20,22-24H,2-10,18H2,1H3,(H,19,21). The maximum Gasteiger partial charge on any atom is 0.220 e. The van der Waals surface area contributed by atoms with Gasteiger partial charge in [-0.3, -0.25) is 4.79 Å². The van der Waals surface area contributed by atoms with Crippen LogP contribution >= 0.6 is 0 Å². The van der Waals surface area contributed by atoms with Crippen molar-refractivity contribution in [2.24, 2.45) is 5.73 Å². The van der Waals surface area contributed by atoms with Crippen LogP contribution in [0, 0.1) is 0 Å². The van der Waals surface area contributed by atoms with E-state index < -0.39 is 37.3 Å². The number of ether oxygens (including phenoxy) is 2. The fraction of sp³-hybridized carbons (Fsp3) is 0.941. The van der Waals surface area contributed by atoms with Gasteiger partial charge in [-0.05, 0) is 39.2 Å². The molecule has 6 unspecified atom stereocenters. The second-order valence-corrected chi connectivity index (χ2v) is 6.78. The van der Waals surface area contributed by atoms with E-state index in [-0.39, 0.29) is 18.6 Å². The Kier molecular flexibility index (Phi) is 11.2. The number of aliphatic hydroxyl groups is 4. The third-order valence-corrected chi connectivity index (χ3v) is 4.43. The smallest absolute Gasteiger partial charge is 0.220 e. The number of hydrogen-bond acceptors (Lipinski definition) is 8. The molecule has 1 rings (SSSR count). The molecule has 1 aliphatic rings. The Hall–Kier alpha value is -0.810. The van der Waals surface area contributed by atoms with E-state index in [1.54, 1.807) is 0 Å². The van der Waals surface area contributed by atoms with Crippen molar-refractivity contribution in [1.29, 1.82) is 0 Å². The lowest BCUT2D eigenvalue weighted by molar-refractivity contribution is -0.301. The summed E-state index contributed by atoms with van der Waals surface area (Å²) in [6.45, 7) is 2.36. The molecule has 0 aromatic heterocycles. The molecule has 1 fully saturated rings. The second kappa shape index (κ2) is 12.6. The summed E-state index contributed by atoms with van der Waals surface area (Å²) in [6, 6.07) is 0.124. The van der Waals surface area contributed by atoms with Crippen molar-refractivity contribution in [3.05, 3.63) is 0 Å². The number of nitrogens with two attached hydrogens (primary N) is 1. The lowest BCUT2D eigenvalue weighted by Gasteiger charge is -2.39. The van der Waals surface area contributed by atoms with E-state index in [0.717, 1.165) is 19.3 Å². The molecule has 0 aromatic carbocycles. The summed E-state index contributed by atoms with van der Waals surface area (Å²) in [5, 5.41) is 41.2. The molecular formula is C17H34N2O7. The first-order chi connectivity index (χ1) is 12.4. The zero-order chi connectivity index (χ0) is 19.5. The predicted octanol–water partition coefficient (Wildman–Crippen LogP) is -1.39. The van der Waals surface area contributed by atoms with Gasteiger partial charge in [0, 0.05) is 19.1 Å². The van der Waals surface area contributed by atoms with Crippen LogP contribution in [-0.2, 0) is 14.3 Å². The molecule has 1 heterocycles. The van der Waals surface area contributed by atoms with Gasteiger partial charge >= 0.3 is 0 Å². The van der Waals surface area contributed by atoms with Gasteiger partial charge in [-0.2, -0.15) is 0 Å². The van der Waals surface area contributed by atoms with Gasteiger partial charge in [-0.15, -0.1) is 0 Å². The van der Waals surface area contributed by atoms with Gasteiger partial charge in [-0.1, -0.05) is 6.42 Å². The van der Waals surface area contributed by atoms with Crippen LogP contribution in [0.1, 0.15) is 45.4 Å². The van der Waals surface area contributed by atoms with Crippen molar-refractivity contribution < 1.29 is 34.7 Å². The van der Waals surface area contributed by atoms with Crippen LogP contribution in [-0.4, -0.2) is 82.8 Å². The first kappa shape index (κ1) is 23.2. The number of unbranched alkanes of at least 4 members (excludes halogenated alkanes) is 2. The normalized spacial score (nSPS) is 30.2. The van der Waals surface area contributed by atoms with Gasteiger partial charge in [-0.25, -0.2) is 0 Å². The molecule has 0 aliphatic carbocycles. The van der Waals surface area contributed by atoms with Gasteiger partial charge in [0.15, 0.2) is 6.29 Å². The topological polar surface area (TPSA) is 154 Å². The van der Waals surface area contributed by atoms with E-state index >= 15 is 0 Å². The highest BCUT2D eigenvalue weighted by molar-refractivity contribution is 5.76. The quantitative estimate of drug-likeness (QED) is 0.227. The molecule has 0 aromatic rings. The zero-order valence-corrected chi connectivity index (χ0v) is 15.4. The molecular weight excluding hydrogens is 344 g/mol. The molecule has 0 bridgehead atoms. The van der Waals surface area contributed by atoms with Crippen molar-refractivity contribution >= 4 is 5.91 Å². The minimum atomic E-state index is -1.45. The van der Waals surface area contributed by atoms with Gasteiger partial charge in [0.1, 0.15) is 24.4 Å². The summed E-state index contributed by atoms with van der Waals surface area (Å²) < 4.78 is 10.6. The number of hydrogen-bond donors (Lipinski definition) is 6. The Morgan fingerprint density at radius 2 is 1.88 bits per heavy atom. The largest absolute Gasteiger partial charge is 0.394 e. The van der Waals surface area contributed by atoms with Gasteiger partial charge < -0.3 is 41.0 Å². The fourth-order valence-corrected chi connectivity index (χ4v) is 2.81. The molecule has 7 N–H and O–H groups in total. The fourth-order valence-electron chi connectivity index (χ4n) is 2.81. The SMILES string of the molecule is CC(CCCCN)NC(=O)CCCCOC1OC(CO)C(O)C(O)C1O. The second-order valence-electron chi connectivity index (χ2n) is 6.78. The molecule has 26 heavy (non-hydrogen) atoms. The summed E-state index contributed by atoms with van der Waals surface area (Å²) in [7, 11) is 0. The van der Waals surface area contributed by atoms with Crippen LogP contribution in [0.5, 0.6) is 0 Å². The Labute approximate surface area is 154 Å². The number of carbonyl (C=O) groups is 1. The highest BCUT2D eigenvalue weighted by Gasteiger charge is 2.43. The molecule has 6 atom stereocenters. The van der Waals surface area contributed by atoms with Crippen LogP contribution in [0.25, 0.3) is 0 Å². The zero-order valence-electron chi connectivity index (χ0n) is 15.4. The molecule has 0 radical (unpaired) electrons. The summed E-state index contributed by atoms with van der Waals surface area (Å²) >= 11 is 0. The van der Waals surface area contributed by atoms with E-state index in [0.29, 0.717) is 25.8 Å². The molecule has 9 heteroatoms. The summed E-state index contributed by atoms with van der Waals surface area (Å²) in [5.41, 5.74) is 5.44. The van der Waals surface area contributed by atoms with Crippen LogP contribution in [0.15, 0.2) is 0 Å². The molecule has 154 valence electrons. The van der Waals surface area contributed by atoms with Gasteiger partial charge in [0.05, 0.1) is 6.61 Å². The van der Waals surface area contributed by atoms with Crippen LogP contribution in [0.2, 0.25) is 0 Å². The summed E-state index contributed by atoms with van der Waals surface area (Å²) in [5.74, 6) is -0.0157. The van der Waals surface area contributed by atoms with Crippen molar-refractivity contribution in [2.75, 3.05) is 19.8 Å². The van der Waals surface area contributed by atoms with Gasteiger partial charge in [0.2, 0.25) is 5.91 Å². The Bertz CT molecular complexity index is 397. The lowest BCUT2D eigenvalue weighted by Crippen LogP contribution is -2.59. The number of nitrogens with one attached hydrogen (secondary N) is 1. The van der Waals surface area contributed by atoms with E-state index in [2.05, 4.69) is 5.32 Å². The number of aliphatic hydroxyl groups excluding tert-OH is 4. The average Bonchev–Trinajstić information content (AvgIpc) is 2.61. The van der Waals surface area contributed by atoms with E-state index in [4.69, 9.17) is 20.3 Å². The van der Waals surface area contributed by atoms with Crippen molar-refractivity contribution in [1.82, 2.24) is 5.32 Å². The molecule has 9 nitrogen and oxygen atoms in total. The minimum Gasteiger partial charge on any atom is -0.394 e. The highest BCUT2D eigenvalue weighted by Crippen LogP contribution is 2.22. The molecule has 1 aliphatic heterocycles. The van der Waals surface area contributed by atoms with E-state index in [9.17, 15) is 20.1 Å². The molecule has 1 amide bonds. The van der Waals surface area contributed by atoms with Crippen LogP contribution in [0.3, 0.4) is 0 Å². The van der Waals surface area contributed by atoms with Crippen molar-refractivity contribution in [2.45, 2.75) is 82.2 Å². The first-order valence-corrected chi connectivity index (χ1v) is 9.32. The molecule has 0 saturated carbocycles. The Morgan fingerprint density at radius 3 is 2.54 bits per heavy atom. The summed E-state index contributed by atoms with van der Waals surface area (Å²) in [6.07, 6.45) is -1.94. The third-order valence-electron chi connectivity index (χ3n) is 4.43. The number of amides is 1. The van der Waals surface area contributed by atoms with E-state index in [1.807, 2.05) is 6.92 Å². The Morgan fingerprint density at radius 1 is 1.15 bits per heavy atom. The van der Waals surface area contributed by atoms with Crippen molar-refractivity contribution in [3.63, 3.8) is 0 Å². The molecule has 0 spiro atoms. The number of rotatable bonds is 12. The van der Waals surface area contributed by atoms with Crippen LogP contribution < -0.4 is 11.1 Å². The van der Waals surface area contributed by atoms with Gasteiger partial charge in [0.25, 0.3) is 0 Å². The summed E-state index contributed by atoms with van der Waals surface area (Å²) in [4.78, 5) is 11.8. The maximum atomic E-state index is 11.8. The Balaban J connectivity index is 2.17.